The molecule has 0 radical (unpaired) electrons. The van der Waals surface area contributed by atoms with Crippen LogP contribution in [-0.4, -0.2) is 41.9 Å². The predicted octanol–water partition coefficient (Wildman–Crippen LogP) is 1.80. The first-order valence-electron chi connectivity index (χ1n) is 7.89. The number of nitrogens with zero attached hydrogens (tertiary/aromatic N) is 2. The molecule has 20 heavy (non-hydrogen) atoms. The summed E-state index contributed by atoms with van der Waals surface area (Å²) in [5, 5.41) is 13.2. The van der Waals surface area contributed by atoms with Crippen LogP contribution in [0.1, 0.15) is 32.1 Å². The molecule has 2 unspecified atom stereocenters. The Balaban J connectivity index is 1.49. The van der Waals surface area contributed by atoms with Gasteiger partial charge in [0.2, 0.25) is 0 Å². The molecule has 1 aliphatic carbocycles. The van der Waals surface area contributed by atoms with Gasteiger partial charge >= 0.3 is 0 Å². The standard InChI is InChI=1S/C16H25N3O/c20-12-13-4-3-5-15(13)18-14-7-10-19(11-8-14)16-6-1-2-9-17-16/h1-2,6,9,13-15,18,20H,3-5,7-8,10-12H2. The van der Waals surface area contributed by atoms with Crippen molar-refractivity contribution in [1.82, 2.24) is 10.3 Å². The lowest BCUT2D eigenvalue weighted by molar-refractivity contribution is 0.195. The molecule has 2 fully saturated rings. The number of aliphatic hydroxyl groups is 1. The zero-order valence-electron chi connectivity index (χ0n) is 12.0. The van der Waals surface area contributed by atoms with Gasteiger partial charge in [0.1, 0.15) is 5.82 Å². The fraction of sp³-hybridized carbons (Fsp3) is 0.688. The van der Waals surface area contributed by atoms with Crippen LogP contribution in [0.3, 0.4) is 0 Å². The fourth-order valence-corrected chi connectivity index (χ4v) is 3.59. The lowest BCUT2D eigenvalue weighted by Crippen LogP contribution is -2.47. The zero-order valence-corrected chi connectivity index (χ0v) is 12.0. The number of aromatic nitrogens is 1. The SMILES string of the molecule is OCC1CCCC1NC1CCN(c2ccccn2)CC1. The molecule has 2 aliphatic rings. The highest BCUT2D eigenvalue weighted by atomic mass is 16.3. The number of hydrogen-bond donors (Lipinski definition) is 2. The molecule has 110 valence electrons. The van der Waals surface area contributed by atoms with Gasteiger partial charge in [-0.25, -0.2) is 4.98 Å². The number of piperidine rings is 1. The molecule has 0 spiro atoms. The minimum absolute atomic E-state index is 0.338. The highest BCUT2D eigenvalue weighted by Crippen LogP contribution is 2.27. The summed E-state index contributed by atoms with van der Waals surface area (Å²) >= 11 is 0. The van der Waals surface area contributed by atoms with E-state index in [2.05, 4.69) is 27.3 Å². The molecule has 1 saturated carbocycles. The summed E-state index contributed by atoms with van der Waals surface area (Å²) in [5.74, 6) is 1.57. The third kappa shape index (κ3) is 3.13. The third-order valence-electron chi connectivity index (χ3n) is 4.81. The van der Waals surface area contributed by atoms with Crippen molar-refractivity contribution in [3.05, 3.63) is 24.4 Å². The summed E-state index contributed by atoms with van der Waals surface area (Å²) in [7, 11) is 0. The maximum atomic E-state index is 9.40. The van der Waals surface area contributed by atoms with Crippen LogP contribution in [0.5, 0.6) is 0 Å². The first kappa shape index (κ1) is 13.8. The van der Waals surface area contributed by atoms with Crippen molar-refractivity contribution in [3.8, 4) is 0 Å². The Hall–Kier alpha value is -1.13. The molecule has 2 heterocycles. The first-order chi connectivity index (χ1) is 9.86. The Morgan fingerprint density at radius 3 is 2.75 bits per heavy atom. The van der Waals surface area contributed by atoms with Crippen LogP contribution in [0.4, 0.5) is 5.82 Å². The van der Waals surface area contributed by atoms with Gasteiger partial charge in [0, 0.05) is 38.0 Å². The van der Waals surface area contributed by atoms with Crippen molar-refractivity contribution in [2.24, 2.45) is 5.92 Å². The number of hydrogen-bond acceptors (Lipinski definition) is 4. The van der Waals surface area contributed by atoms with E-state index in [9.17, 15) is 5.11 Å². The minimum atomic E-state index is 0.338. The number of anilines is 1. The van der Waals surface area contributed by atoms with E-state index in [1.807, 2.05) is 12.3 Å². The van der Waals surface area contributed by atoms with E-state index in [1.165, 1.54) is 32.1 Å². The Morgan fingerprint density at radius 1 is 1.20 bits per heavy atom. The van der Waals surface area contributed by atoms with Gasteiger partial charge in [-0.3, -0.25) is 0 Å². The highest BCUT2D eigenvalue weighted by Gasteiger charge is 2.29. The molecule has 2 atom stereocenters. The largest absolute Gasteiger partial charge is 0.396 e. The number of rotatable bonds is 4. The second kappa shape index (κ2) is 6.55. The molecule has 0 aromatic carbocycles. The summed E-state index contributed by atoms with van der Waals surface area (Å²) in [4.78, 5) is 6.80. The van der Waals surface area contributed by atoms with Crippen LogP contribution in [0.15, 0.2) is 24.4 Å². The van der Waals surface area contributed by atoms with Crippen molar-refractivity contribution < 1.29 is 5.11 Å². The molecular weight excluding hydrogens is 250 g/mol. The molecule has 3 rings (SSSR count). The quantitative estimate of drug-likeness (QED) is 0.880. The predicted molar refractivity (Wildman–Crippen MR) is 80.8 cm³/mol. The lowest BCUT2D eigenvalue weighted by Gasteiger charge is -2.35. The second-order valence-electron chi connectivity index (χ2n) is 6.10. The van der Waals surface area contributed by atoms with Crippen LogP contribution in [0.2, 0.25) is 0 Å². The first-order valence-corrected chi connectivity index (χ1v) is 7.89. The van der Waals surface area contributed by atoms with Crippen LogP contribution in [-0.2, 0) is 0 Å². The number of nitrogens with one attached hydrogen (secondary N) is 1. The molecule has 0 bridgehead atoms. The molecule has 1 aliphatic heterocycles. The molecule has 4 nitrogen and oxygen atoms in total. The van der Waals surface area contributed by atoms with E-state index >= 15 is 0 Å². The van der Waals surface area contributed by atoms with E-state index < -0.39 is 0 Å². The lowest BCUT2D eigenvalue weighted by atomic mass is 9.99. The highest BCUT2D eigenvalue weighted by molar-refractivity contribution is 5.38. The maximum absolute atomic E-state index is 9.40. The molecule has 2 N–H and O–H groups in total. The molecule has 1 aromatic heterocycles. The van der Waals surface area contributed by atoms with E-state index in [-0.39, 0.29) is 0 Å². The van der Waals surface area contributed by atoms with Gasteiger partial charge in [-0.05, 0) is 43.7 Å². The molecular formula is C16H25N3O. The summed E-state index contributed by atoms with van der Waals surface area (Å²) in [6.07, 6.45) is 7.88. The van der Waals surface area contributed by atoms with Crippen LogP contribution < -0.4 is 10.2 Å². The molecule has 0 amide bonds. The third-order valence-corrected chi connectivity index (χ3v) is 4.81. The van der Waals surface area contributed by atoms with Crippen LogP contribution >= 0.6 is 0 Å². The van der Waals surface area contributed by atoms with Gasteiger partial charge in [0.25, 0.3) is 0 Å². The van der Waals surface area contributed by atoms with Crippen molar-refractivity contribution in [1.29, 1.82) is 0 Å². The van der Waals surface area contributed by atoms with Crippen molar-refractivity contribution >= 4 is 5.82 Å². The zero-order chi connectivity index (χ0) is 13.8. The van der Waals surface area contributed by atoms with Crippen molar-refractivity contribution in [2.75, 3.05) is 24.6 Å². The smallest absolute Gasteiger partial charge is 0.128 e. The average molecular weight is 275 g/mol. The molecule has 1 saturated heterocycles. The topological polar surface area (TPSA) is 48.4 Å². The average Bonchev–Trinajstić information content (AvgIpc) is 2.96. The minimum Gasteiger partial charge on any atom is -0.396 e. The van der Waals surface area contributed by atoms with Gasteiger partial charge in [0.15, 0.2) is 0 Å². The second-order valence-corrected chi connectivity index (χ2v) is 6.10. The van der Waals surface area contributed by atoms with Gasteiger partial charge < -0.3 is 15.3 Å². The fourth-order valence-electron chi connectivity index (χ4n) is 3.59. The van der Waals surface area contributed by atoms with Crippen molar-refractivity contribution in [2.45, 2.75) is 44.2 Å². The van der Waals surface area contributed by atoms with Gasteiger partial charge in [-0.1, -0.05) is 12.5 Å². The summed E-state index contributed by atoms with van der Waals surface area (Å²) < 4.78 is 0. The normalized spacial score (nSPS) is 27.9. The van der Waals surface area contributed by atoms with E-state index in [0.29, 0.717) is 24.6 Å². The van der Waals surface area contributed by atoms with Crippen LogP contribution in [0.25, 0.3) is 0 Å². The van der Waals surface area contributed by atoms with Gasteiger partial charge in [-0.15, -0.1) is 0 Å². The molecule has 4 heteroatoms. The van der Waals surface area contributed by atoms with E-state index in [1.54, 1.807) is 0 Å². The monoisotopic (exact) mass is 275 g/mol. The Bertz CT molecular complexity index is 403. The number of aliphatic hydroxyl groups excluding tert-OH is 1. The Kier molecular flexibility index (Phi) is 4.53. The van der Waals surface area contributed by atoms with E-state index in [0.717, 1.165) is 18.9 Å². The Labute approximate surface area is 121 Å². The summed E-state index contributed by atoms with van der Waals surface area (Å²) in [5.41, 5.74) is 0. The number of pyridine rings is 1. The maximum Gasteiger partial charge on any atom is 0.128 e. The summed E-state index contributed by atoms with van der Waals surface area (Å²) in [6.45, 7) is 2.49. The molecule has 1 aromatic rings. The Morgan fingerprint density at radius 2 is 2.05 bits per heavy atom. The van der Waals surface area contributed by atoms with Gasteiger partial charge in [-0.2, -0.15) is 0 Å². The summed E-state index contributed by atoms with van der Waals surface area (Å²) in [6, 6.07) is 7.25. The van der Waals surface area contributed by atoms with Crippen LogP contribution in [0, 0.1) is 5.92 Å². The van der Waals surface area contributed by atoms with Gasteiger partial charge in [0.05, 0.1) is 0 Å². The van der Waals surface area contributed by atoms with E-state index in [4.69, 9.17) is 0 Å². The van der Waals surface area contributed by atoms with Crippen molar-refractivity contribution in [3.63, 3.8) is 0 Å².